The maximum Gasteiger partial charge on any atom is 0.258 e. The van der Waals surface area contributed by atoms with E-state index >= 15 is 0 Å². The Morgan fingerprint density at radius 1 is 1.40 bits per heavy atom. The highest BCUT2D eigenvalue weighted by atomic mass is 19.1. The molecule has 0 aliphatic carbocycles. The van der Waals surface area contributed by atoms with Crippen LogP contribution in [0.25, 0.3) is 11.5 Å². The van der Waals surface area contributed by atoms with Gasteiger partial charge in [0.1, 0.15) is 0 Å². The van der Waals surface area contributed by atoms with Gasteiger partial charge in [-0.15, -0.1) is 0 Å². The van der Waals surface area contributed by atoms with E-state index in [0.29, 0.717) is 17.3 Å². The van der Waals surface area contributed by atoms with Gasteiger partial charge < -0.3 is 14.6 Å². The van der Waals surface area contributed by atoms with Crippen LogP contribution in [0.15, 0.2) is 22.7 Å². The summed E-state index contributed by atoms with van der Waals surface area (Å²) in [4.78, 5) is 4.35. The molecule has 1 fully saturated rings. The number of nitrogens with one attached hydrogen (secondary N) is 1. The lowest BCUT2D eigenvalue weighted by atomic mass is 10.0. The van der Waals surface area contributed by atoms with Gasteiger partial charge in [0, 0.05) is 5.56 Å². The molecule has 1 unspecified atom stereocenters. The first-order chi connectivity index (χ1) is 9.78. The molecular formula is C14H16FN3O2. The van der Waals surface area contributed by atoms with E-state index in [2.05, 4.69) is 15.5 Å². The number of hydrogen-bond donors (Lipinski definition) is 1. The molecule has 2 aromatic rings. The second-order valence-electron chi connectivity index (χ2n) is 4.81. The number of nitrogens with zero attached hydrogens (tertiary/aromatic N) is 2. The van der Waals surface area contributed by atoms with Crippen molar-refractivity contribution in [3.63, 3.8) is 0 Å². The highest BCUT2D eigenvalue weighted by Crippen LogP contribution is 2.26. The Kier molecular flexibility index (Phi) is 3.64. The van der Waals surface area contributed by atoms with E-state index < -0.39 is 5.82 Å². The Morgan fingerprint density at radius 2 is 2.30 bits per heavy atom. The van der Waals surface area contributed by atoms with Gasteiger partial charge in [-0.05, 0) is 37.6 Å². The fourth-order valence-corrected chi connectivity index (χ4v) is 2.37. The number of rotatable bonds is 3. The van der Waals surface area contributed by atoms with Crippen molar-refractivity contribution >= 4 is 0 Å². The Labute approximate surface area is 116 Å². The highest BCUT2D eigenvalue weighted by Gasteiger charge is 2.21. The molecule has 0 radical (unpaired) electrons. The van der Waals surface area contributed by atoms with Crippen molar-refractivity contribution in [2.45, 2.75) is 25.3 Å². The van der Waals surface area contributed by atoms with E-state index in [1.807, 2.05) is 0 Å². The molecule has 1 aliphatic heterocycles. The van der Waals surface area contributed by atoms with Crippen LogP contribution in [-0.2, 0) is 0 Å². The van der Waals surface area contributed by atoms with Crippen molar-refractivity contribution in [2.75, 3.05) is 13.7 Å². The molecule has 5 nitrogen and oxygen atoms in total. The van der Waals surface area contributed by atoms with Crippen molar-refractivity contribution in [1.82, 2.24) is 15.5 Å². The molecule has 0 bridgehead atoms. The van der Waals surface area contributed by atoms with Crippen molar-refractivity contribution in [3.05, 3.63) is 29.8 Å². The lowest BCUT2D eigenvalue weighted by Gasteiger charge is -2.19. The van der Waals surface area contributed by atoms with Crippen molar-refractivity contribution < 1.29 is 13.7 Å². The molecule has 0 spiro atoms. The predicted octanol–water partition coefficient (Wildman–Crippen LogP) is 2.70. The average molecular weight is 277 g/mol. The predicted molar refractivity (Wildman–Crippen MR) is 70.8 cm³/mol. The summed E-state index contributed by atoms with van der Waals surface area (Å²) < 4.78 is 23.8. The molecule has 1 N–H and O–H groups in total. The first-order valence-corrected chi connectivity index (χ1v) is 6.69. The Morgan fingerprint density at radius 3 is 3.00 bits per heavy atom. The number of methoxy groups -OCH3 is 1. The summed E-state index contributed by atoms with van der Waals surface area (Å²) in [5.41, 5.74) is 0.554. The number of aromatic nitrogens is 2. The van der Waals surface area contributed by atoms with E-state index in [4.69, 9.17) is 9.26 Å². The van der Waals surface area contributed by atoms with Gasteiger partial charge in [-0.25, -0.2) is 4.39 Å². The van der Waals surface area contributed by atoms with Gasteiger partial charge in [-0.3, -0.25) is 0 Å². The van der Waals surface area contributed by atoms with Crippen molar-refractivity contribution in [1.29, 1.82) is 0 Å². The van der Waals surface area contributed by atoms with Crippen LogP contribution in [0.2, 0.25) is 0 Å². The minimum absolute atomic E-state index is 0.129. The third-order valence-electron chi connectivity index (χ3n) is 3.46. The second kappa shape index (κ2) is 5.58. The monoisotopic (exact) mass is 277 g/mol. The third kappa shape index (κ3) is 2.51. The zero-order chi connectivity index (χ0) is 13.9. The van der Waals surface area contributed by atoms with Crippen LogP contribution in [0.4, 0.5) is 4.39 Å². The lowest BCUT2D eigenvalue weighted by Crippen LogP contribution is -2.27. The molecule has 6 heteroatoms. The summed E-state index contributed by atoms with van der Waals surface area (Å²) in [6.07, 6.45) is 3.32. The Bertz CT molecular complexity index is 594. The topological polar surface area (TPSA) is 60.2 Å². The summed E-state index contributed by atoms with van der Waals surface area (Å²) in [5, 5.41) is 7.34. The summed E-state index contributed by atoms with van der Waals surface area (Å²) >= 11 is 0. The van der Waals surface area contributed by atoms with Crippen molar-refractivity contribution in [2.24, 2.45) is 0 Å². The summed E-state index contributed by atoms with van der Waals surface area (Å²) in [7, 11) is 1.43. The van der Waals surface area contributed by atoms with Gasteiger partial charge in [-0.2, -0.15) is 4.98 Å². The molecule has 1 aromatic heterocycles. The molecule has 3 rings (SSSR count). The maximum absolute atomic E-state index is 13.7. The van der Waals surface area contributed by atoms with Gasteiger partial charge in [0.25, 0.3) is 5.89 Å². The van der Waals surface area contributed by atoms with Crippen LogP contribution < -0.4 is 10.1 Å². The Hall–Kier alpha value is -1.95. The Balaban J connectivity index is 1.84. The van der Waals surface area contributed by atoms with E-state index in [1.165, 1.54) is 19.6 Å². The molecule has 0 amide bonds. The molecule has 1 aromatic carbocycles. The van der Waals surface area contributed by atoms with Gasteiger partial charge in [0.2, 0.25) is 0 Å². The van der Waals surface area contributed by atoms with Gasteiger partial charge in [0.05, 0.1) is 13.2 Å². The van der Waals surface area contributed by atoms with Crippen LogP contribution in [0.1, 0.15) is 31.1 Å². The van der Waals surface area contributed by atoms with Crippen molar-refractivity contribution in [3.8, 4) is 17.2 Å². The number of hydrogen-bond acceptors (Lipinski definition) is 5. The van der Waals surface area contributed by atoms with Crippen LogP contribution in [0, 0.1) is 5.82 Å². The van der Waals surface area contributed by atoms with Crippen LogP contribution in [0.5, 0.6) is 5.75 Å². The summed E-state index contributed by atoms with van der Waals surface area (Å²) in [6.45, 7) is 0.964. The van der Waals surface area contributed by atoms with Gasteiger partial charge >= 0.3 is 0 Å². The number of piperidine rings is 1. The third-order valence-corrected chi connectivity index (χ3v) is 3.46. The quantitative estimate of drug-likeness (QED) is 0.934. The number of halogens is 1. The fraction of sp³-hybridized carbons (Fsp3) is 0.429. The average Bonchev–Trinajstić information content (AvgIpc) is 2.98. The highest BCUT2D eigenvalue weighted by molar-refractivity contribution is 5.54. The van der Waals surface area contributed by atoms with Crippen LogP contribution in [-0.4, -0.2) is 23.8 Å². The second-order valence-corrected chi connectivity index (χ2v) is 4.81. The van der Waals surface area contributed by atoms with E-state index in [1.54, 1.807) is 12.1 Å². The van der Waals surface area contributed by atoms with Crippen LogP contribution in [0.3, 0.4) is 0 Å². The number of benzene rings is 1. The molecule has 106 valence electrons. The molecule has 1 saturated heterocycles. The first kappa shape index (κ1) is 13.1. The maximum atomic E-state index is 13.7. The molecule has 2 heterocycles. The molecule has 1 atom stereocenters. The van der Waals surface area contributed by atoms with E-state index in [0.717, 1.165) is 19.4 Å². The fourth-order valence-electron chi connectivity index (χ4n) is 2.37. The van der Waals surface area contributed by atoms with E-state index in [-0.39, 0.29) is 11.8 Å². The normalized spacial score (nSPS) is 19.0. The SMILES string of the molecule is COc1ccc(-c2nc(C3CCCCN3)no2)cc1F. The largest absolute Gasteiger partial charge is 0.494 e. The van der Waals surface area contributed by atoms with Gasteiger partial charge in [-0.1, -0.05) is 11.6 Å². The zero-order valence-corrected chi connectivity index (χ0v) is 11.2. The molecular weight excluding hydrogens is 261 g/mol. The minimum atomic E-state index is -0.444. The smallest absolute Gasteiger partial charge is 0.258 e. The minimum Gasteiger partial charge on any atom is -0.494 e. The summed E-state index contributed by atoms with van der Waals surface area (Å²) in [5.74, 6) is 0.716. The van der Waals surface area contributed by atoms with Crippen LogP contribution >= 0.6 is 0 Å². The summed E-state index contributed by atoms with van der Waals surface area (Å²) in [6, 6.07) is 4.72. The zero-order valence-electron chi connectivity index (χ0n) is 11.2. The van der Waals surface area contributed by atoms with Gasteiger partial charge in [0.15, 0.2) is 17.4 Å². The molecule has 0 saturated carbocycles. The van der Waals surface area contributed by atoms with E-state index in [9.17, 15) is 4.39 Å². The first-order valence-electron chi connectivity index (χ1n) is 6.69. The molecule has 1 aliphatic rings. The lowest BCUT2D eigenvalue weighted by molar-refractivity contribution is 0.366. The number of ether oxygens (including phenoxy) is 1. The molecule has 20 heavy (non-hydrogen) atoms. The standard InChI is InChI=1S/C14H16FN3O2/c1-19-12-6-5-9(8-10(12)15)14-17-13(18-20-14)11-4-2-3-7-16-11/h5-6,8,11,16H,2-4,7H2,1H3.